The van der Waals surface area contributed by atoms with Crippen molar-refractivity contribution >= 4 is 17.2 Å². The van der Waals surface area contributed by atoms with Gasteiger partial charge in [0.05, 0.1) is 0 Å². The fourth-order valence-electron chi connectivity index (χ4n) is 2.39. The van der Waals surface area contributed by atoms with Crippen molar-refractivity contribution in [2.24, 2.45) is 0 Å². The van der Waals surface area contributed by atoms with Gasteiger partial charge >= 0.3 is 4.87 Å². The van der Waals surface area contributed by atoms with E-state index in [1.165, 1.54) is 0 Å². The molecule has 3 heterocycles. The van der Waals surface area contributed by atoms with Crippen molar-refractivity contribution in [1.29, 1.82) is 0 Å². The smallest absolute Gasteiger partial charge is 0.305 e. The van der Waals surface area contributed by atoms with Crippen LogP contribution in [0.15, 0.2) is 34.7 Å². The first-order chi connectivity index (χ1) is 9.24. The van der Waals surface area contributed by atoms with Crippen molar-refractivity contribution in [1.82, 2.24) is 14.9 Å². The largest absolute Gasteiger partial charge is 0.337 e. The first-order valence-corrected chi connectivity index (χ1v) is 6.99. The molecule has 1 unspecified atom stereocenters. The van der Waals surface area contributed by atoms with Crippen LogP contribution in [0, 0.1) is 0 Å². The van der Waals surface area contributed by atoms with Gasteiger partial charge < -0.3 is 9.88 Å². The lowest BCUT2D eigenvalue weighted by atomic mass is 10.0. The van der Waals surface area contributed by atoms with Gasteiger partial charge in [-0.3, -0.25) is 14.6 Å². The minimum atomic E-state index is -0.189. The standard InChI is InChI=1S/C13H13N3O2S/c17-12(11-8-19-13(18)15-11)16-5-3-10(7-16)9-2-1-4-14-6-9/h1-2,4,6,8,10H,3,5,7H2,(H,15,18). The van der Waals surface area contributed by atoms with Gasteiger partial charge in [0.2, 0.25) is 0 Å². The Balaban J connectivity index is 1.72. The van der Waals surface area contributed by atoms with Crippen LogP contribution in [-0.2, 0) is 0 Å². The van der Waals surface area contributed by atoms with E-state index in [0.717, 1.165) is 29.9 Å². The summed E-state index contributed by atoms with van der Waals surface area (Å²) in [5, 5.41) is 1.59. The lowest BCUT2D eigenvalue weighted by molar-refractivity contribution is 0.0785. The molecule has 1 N–H and O–H groups in total. The number of aromatic nitrogens is 2. The highest BCUT2D eigenvalue weighted by Crippen LogP contribution is 2.27. The molecule has 1 aliphatic rings. The first kappa shape index (κ1) is 12.1. The van der Waals surface area contributed by atoms with Gasteiger partial charge in [-0.15, -0.1) is 0 Å². The molecular formula is C13H13N3O2S. The fourth-order valence-corrected chi connectivity index (χ4v) is 2.94. The summed E-state index contributed by atoms with van der Waals surface area (Å²) >= 11 is 1.02. The molecule has 0 saturated carbocycles. The maximum atomic E-state index is 12.2. The monoisotopic (exact) mass is 275 g/mol. The van der Waals surface area contributed by atoms with Crippen molar-refractivity contribution in [3.8, 4) is 0 Å². The number of nitrogens with one attached hydrogen (secondary N) is 1. The zero-order valence-corrected chi connectivity index (χ0v) is 11.0. The molecule has 0 radical (unpaired) electrons. The zero-order chi connectivity index (χ0) is 13.2. The van der Waals surface area contributed by atoms with E-state index in [0.29, 0.717) is 18.2 Å². The molecule has 1 atom stereocenters. The molecule has 1 aliphatic heterocycles. The lowest BCUT2D eigenvalue weighted by Crippen LogP contribution is -2.29. The van der Waals surface area contributed by atoms with Crippen LogP contribution in [-0.4, -0.2) is 33.9 Å². The number of nitrogens with zero attached hydrogens (tertiary/aromatic N) is 2. The molecule has 6 heteroatoms. The van der Waals surface area contributed by atoms with Crippen molar-refractivity contribution in [2.75, 3.05) is 13.1 Å². The average Bonchev–Trinajstić information content (AvgIpc) is 3.08. The molecule has 0 spiro atoms. The van der Waals surface area contributed by atoms with Gasteiger partial charge in [0.25, 0.3) is 5.91 Å². The number of thiazole rings is 1. The summed E-state index contributed by atoms with van der Waals surface area (Å²) in [6.07, 6.45) is 4.54. The Labute approximate surface area is 113 Å². The van der Waals surface area contributed by atoms with Crippen LogP contribution in [0.5, 0.6) is 0 Å². The molecule has 98 valence electrons. The number of amides is 1. The van der Waals surface area contributed by atoms with Crippen molar-refractivity contribution in [3.05, 3.63) is 50.8 Å². The summed E-state index contributed by atoms with van der Waals surface area (Å²) in [4.78, 5) is 31.5. The normalized spacial score (nSPS) is 18.7. The molecule has 2 aromatic rings. The fraction of sp³-hybridized carbons (Fsp3) is 0.308. The van der Waals surface area contributed by atoms with Gasteiger partial charge in [0.15, 0.2) is 0 Å². The van der Waals surface area contributed by atoms with Crippen LogP contribution in [0.3, 0.4) is 0 Å². The number of hydrogen-bond acceptors (Lipinski definition) is 4. The summed E-state index contributed by atoms with van der Waals surface area (Å²) < 4.78 is 0. The predicted octanol–water partition coefficient (Wildman–Crippen LogP) is 1.46. The van der Waals surface area contributed by atoms with E-state index in [4.69, 9.17) is 0 Å². The highest BCUT2D eigenvalue weighted by Gasteiger charge is 2.28. The van der Waals surface area contributed by atoms with Crippen molar-refractivity contribution < 1.29 is 4.79 Å². The van der Waals surface area contributed by atoms with Gasteiger partial charge in [-0.1, -0.05) is 17.4 Å². The third kappa shape index (κ3) is 2.44. The van der Waals surface area contributed by atoms with E-state index < -0.39 is 0 Å². The topological polar surface area (TPSA) is 66.1 Å². The number of pyridine rings is 1. The van der Waals surface area contributed by atoms with E-state index in [1.807, 2.05) is 18.3 Å². The molecule has 0 bridgehead atoms. The molecule has 19 heavy (non-hydrogen) atoms. The molecule has 5 nitrogen and oxygen atoms in total. The molecule has 1 fully saturated rings. The third-order valence-electron chi connectivity index (χ3n) is 3.38. The van der Waals surface area contributed by atoms with Gasteiger partial charge in [-0.05, 0) is 18.1 Å². The quantitative estimate of drug-likeness (QED) is 0.902. The molecule has 2 aromatic heterocycles. The van der Waals surface area contributed by atoms with Crippen LogP contribution in [0.25, 0.3) is 0 Å². The predicted molar refractivity (Wildman–Crippen MR) is 72.4 cm³/mol. The third-order valence-corrected chi connectivity index (χ3v) is 4.05. The number of carbonyl (C=O) groups excluding carboxylic acids is 1. The van der Waals surface area contributed by atoms with E-state index in [1.54, 1.807) is 16.5 Å². The van der Waals surface area contributed by atoms with Crippen molar-refractivity contribution in [3.63, 3.8) is 0 Å². The number of carbonyl (C=O) groups is 1. The Bertz CT molecular complexity index is 635. The van der Waals surface area contributed by atoms with Crippen molar-refractivity contribution in [2.45, 2.75) is 12.3 Å². The van der Waals surface area contributed by atoms with E-state index in [-0.39, 0.29) is 10.8 Å². The highest BCUT2D eigenvalue weighted by molar-refractivity contribution is 7.07. The van der Waals surface area contributed by atoms with Crippen LogP contribution in [0.1, 0.15) is 28.4 Å². The number of hydrogen-bond donors (Lipinski definition) is 1. The molecule has 0 aromatic carbocycles. The van der Waals surface area contributed by atoms with Crippen LogP contribution in [0.4, 0.5) is 0 Å². The maximum absolute atomic E-state index is 12.2. The maximum Gasteiger partial charge on any atom is 0.305 e. The average molecular weight is 275 g/mol. The lowest BCUT2D eigenvalue weighted by Gasteiger charge is -2.15. The van der Waals surface area contributed by atoms with Crippen LogP contribution < -0.4 is 4.87 Å². The Kier molecular flexibility index (Phi) is 3.16. The Hall–Kier alpha value is -1.95. The van der Waals surface area contributed by atoms with Gasteiger partial charge in [-0.2, -0.15) is 0 Å². The molecule has 3 rings (SSSR count). The summed E-state index contributed by atoms with van der Waals surface area (Å²) in [5.74, 6) is 0.243. The summed E-state index contributed by atoms with van der Waals surface area (Å²) in [6.45, 7) is 1.40. The second kappa shape index (κ2) is 4.97. The SMILES string of the molecule is O=C(c1csc(=O)[nH]1)N1CCC(c2cccnc2)C1. The Morgan fingerprint density at radius 2 is 2.42 bits per heavy atom. The molecule has 1 amide bonds. The number of H-pyrrole nitrogens is 1. The summed E-state index contributed by atoms with van der Waals surface area (Å²) in [7, 11) is 0. The Morgan fingerprint density at radius 3 is 3.11 bits per heavy atom. The van der Waals surface area contributed by atoms with E-state index in [9.17, 15) is 9.59 Å². The first-order valence-electron chi connectivity index (χ1n) is 6.11. The molecular weight excluding hydrogens is 262 g/mol. The minimum absolute atomic E-state index is 0.0928. The minimum Gasteiger partial charge on any atom is -0.337 e. The number of aromatic amines is 1. The van der Waals surface area contributed by atoms with Crippen LogP contribution in [0.2, 0.25) is 0 Å². The van der Waals surface area contributed by atoms with Crippen LogP contribution >= 0.6 is 11.3 Å². The zero-order valence-electron chi connectivity index (χ0n) is 10.2. The molecule has 0 aliphatic carbocycles. The summed E-state index contributed by atoms with van der Waals surface area (Å²) in [6, 6.07) is 3.95. The number of likely N-dealkylation sites (tertiary alicyclic amines) is 1. The Morgan fingerprint density at radius 1 is 1.53 bits per heavy atom. The van der Waals surface area contributed by atoms with Gasteiger partial charge in [0, 0.05) is 36.8 Å². The molecule has 1 saturated heterocycles. The van der Waals surface area contributed by atoms with Gasteiger partial charge in [-0.25, -0.2) is 0 Å². The second-order valence-electron chi connectivity index (χ2n) is 4.58. The number of rotatable bonds is 2. The second-order valence-corrected chi connectivity index (χ2v) is 5.43. The van der Waals surface area contributed by atoms with E-state index in [2.05, 4.69) is 9.97 Å². The summed E-state index contributed by atoms with van der Waals surface area (Å²) in [5.41, 5.74) is 1.55. The highest BCUT2D eigenvalue weighted by atomic mass is 32.1. The van der Waals surface area contributed by atoms with E-state index >= 15 is 0 Å². The van der Waals surface area contributed by atoms with Gasteiger partial charge in [0.1, 0.15) is 5.69 Å².